The quantitative estimate of drug-likeness (QED) is 0.374. The van der Waals surface area contributed by atoms with E-state index in [-0.39, 0.29) is 18.2 Å². The smallest absolute Gasteiger partial charge is 0.257 e. The van der Waals surface area contributed by atoms with E-state index in [4.69, 9.17) is 0 Å². The summed E-state index contributed by atoms with van der Waals surface area (Å²) in [5, 5.41) is 3.04. The Morgan fingerprint density at radius 2 is 1.64 bits per heavy atom. The second-order valence-corrected chi connectivity index (χ2v) is 7.19. The summed E-state index contributed by atoms with van der Waals surface area (Å²) in [7, 11) is 0. The zero-order valence-electron chi connectivity index (χ0n) is 15.3. The molecule has 0 aliphatic carbocycles. The Kier molecular flexibility index (Phi) is 6.45. The number of nitrogens with one attached hydrogen (secondary N) is 3. The maximum absolute atomic E-state index is 12.8. The van der Waals surface area contributed by atoms with Crippen LogP contribution in [0.4, 0.5) is 11.4 Å². The van der Waals surface area contributed by atoms with Gasteiger partial charge in [-0.15, -0.1) is 0 Å². The molecule has 142 valence electrons. The first-order valence-electron chi connectivity index (χ1n) is 8.77. The number of anilines is 2. The van der Waals surface area contributed by atoms with E-state index in [0.29, 0.717) is 16.8 Å². The largest absolute Gasteiger partial charge is 0.376 e. The highest BCUT2D eigenvalue weighted by Gasteiger charge is 2.14. The number of carbonyl (C=O) groups is 2. The van der Waals surface area contributed by atoms with Gasteiger partial charge in [-0.2, -0.15) is 0 Å². The van der Waals surface area contributed by atoms with Gasteiger partial charge < -0.3 is 5.32 Å². The molecule has 0 bridgehead atoms. The Morgan fingerprint density at radius 3 is 2.36 bits per heavy atom. The lowest BCUT2D eigenvalue weighted by Gasteiger charge is -2.13. The third-order valence-corrected chi connectivity index (χ3v) is 4.59. The van der Waals surface area contributed by atoms with Gasteiger partial charge in [-0.05, 0) is 37.3 Å². The molecule has 6 heteroatoms. The van der Waals surface area contributed by atoms with E-state index in [1.165, 1.54) is 0 Å². The van der Waals surface area contributed by atoms with Crippen LogP contribution in [0, 0.1) is 6.92 Å². The number of hydrogen-bond acceptors (Lipinski definition) is 4. The average molecular weight is 438 g/mol. The van der Waals surface area contributed by atoms with Crippen molar-refractivity contribution in [3.63, 3.8) is 0 Å². The van der Waals surface area contributed by atoms with Crippen molar-refractivity contribution in [1.29, 1.82) is 0 Å². The molecule has 0 spiro atoms. The van der Waals surface area contributed by atoms with Crippen molar-refractivity contribution in [3.05, 3.63) is 94.0 Å². The molecule has 3 N–H and O–H groups in total. The summed E-state index contributed by atoms with van der Waals surface area (Å²) >= 11 is 3.40. The number of carbonyl (C=O) groups excluding carboxylic acids is 2. The summed E-state index contributed by atoms with van der Waals surface area (Å²) in [5.74, 6) is -0.357. The van der Waals surface area contributed by atoms with Crippen molar-refractivity contribution in [2.24, 2.45) is 0 Å². The van der Waals surface area contributed by atoms with Crippen LogP contribution in [-0.2, 0) is 4.79 Å². The minimum absolute atomic E-state index is 0.0234. The Balaban J connectivity index is 1.64. The van der Waals surface area contributed by atoms with Gasteiger partial charge >= 0.3 is 0 Å². The van der Waals surface area contributed by atoms with Crippen LogP contribution in [0.5, 0.6) is 0 Å². The highest BCUT2D eigenvalue weighted by molar-refractivity contribution is 9.10. The number of rotatable bonds is 7. The van der Waals surface area contributed by atoms with Gasteiger partial charge in [-0.1, -0.05) is 64.0 Å². The Hall–Kier alpha value is -3.12. The standard InChI is InChI=1S/C22H20BrN3O2/c1-15-7-10-18(11-8-15)25-26-21(27)14-24-20-12-9-17(23)13-19(20)22(28)16-5-3-2-4-6-16/h2-13,24-25H,14H2,1H3,(H,26,27). The third-order valence-electron chi connectivity index (χ3n) is 4.10. The van der Waals surface area contributed by atoms with Crippen LogP contribution in [0.2, 0.25) is 0 Å². The lowest BCUT2D eigenvalue weighted by Crippen LogP contribution is -2.34. The zero-order valence-corrected chi connectivity index (χ0v) is 16.9. The number of ketones is 1. The number of hydrogen-bond donors (Lipinski definition) is 3. The van der Waals surface area contributed by atoms with E-state index < -0.39 is 0 Å². The molecule has 28 heavy (non-hydrogen) atoms. The average Bonchev–Trinajstić information content (AvgIpc) is 2.72. The fourth-order valence-electron chi connectivity index (χ4n) is 2.60. The topological polar surface area (TPSA) is 70.2 Å². The minimum atomic E-state index is -0.249. The summed E-state index contributed by atoms with van der Waals surface area (Å²) in [6, 6.07) is 22.1. The highest BCUT2D eigenvalue weighted by Crippen LogP contribution is 2.24. The van der Waals surface area contributed by atoms with Crippen LogP contribution in [0.25, 0.3) is 0 Å². The van der Waals surface area contributed by atoms with Crippen LogP contribution in [0.1, 0.15) is 21.5 Å². The molecule has 0 saturated heterocycles. The summed E-state index contributed by atoms with van der Waals surface area (Å²) in [6.45, 7) is 2.02. The zero-order chi connectivity index (χ0) is 19.9. The predicted molar refractivity (Wildman–Crippen MR) is 115 cm³/mol. The molecule has 0 aliphatic heterocycles. The van der Waals surface area contributed by atoms with Crippen molar-refractivity contribution in [3.8, 4) is 0 Å². The van der Waals surface area contributed by atoms with Gasteiger partial charge in [0.2, 0.25) is 0 Å². The van der Waals surface area contributed by atoms with Gasteiger partial charge in [0.25, 0.3) is 5.91 Å². The molecule has 1 amide bonds. The molecule has 3 aromatic rings. The molecule has 3 rings (SSSR count). The normalized spacial score (nSPS) is 10.2. The van der Waals surface area contributed by atoms with Crippen LogP contribution in [0.15, 0.2) is 77.3 Å². The Labute approximate surface area is 172 Å². The number of hydrazine groups is 1. The molecular weight excluding hydrogens is 418 g/mol. The first-order valence-corrected chi connectivity index (χ1v) is 9.57. The number of benzene rings is 3. The van der Waals surface area contributed by atoms with Gasteiger partial charge in [-0.25, -0.2) is 0 Å². The molecule has 0 aliphatic rings. The lowest BCUT2D eigenvalue weighted by atomic mass is 10.0. The Bertz CT molecular complexity index is 973. The van der Waals surface area contributed by atoms with Gasteiger partial charge in [0.05, 0.1) is 12.2 Å². The second kappa shape index (κ2) is 9.19. The van der Waals surface area contributed by atoms with E-state index in [0.717, 1.165) is 15.7 Å². The summed E-state index contributed by atoms with van der Waals surface area (Å²) < 4.78 is 0.794. The van der Waals surface area contributed by atoms with Crippen molar-refractivity contribution in [1.82, 2.24) is 5.43 Å². The fraction of sp³-hybridized carbons (Fsp3) is 0.0909. The lowest BCUT2D eigenvalue weighted by molar-refractivity contribution is -0.118. The molecule has 0 fully saturated rings. The van der Waals surface area contributed by atoms with Gasteiger partial charge in [-0.3, -0.25) is 20.4 Å². The van der Waals surface area contributed by atoms with Crippen LogP contribution >= 0.6 is 15.9 Å². The molecule has 5 nitrogen and oxygen atoms in total. The van der Waals surface area contributed by atoms with Crippen LogP contribution in [-0.4, -0.2) is 18.2 Å². The van der Waals surface area contributed by atoms with Crippen LogP contribution in [0.3, 0.4) is 0 Å². The summed E-state index contributed by atoms with van der Waals surface area (Å²) in [5.41, 5.74) is 9.13. The molecule has 0 aromatic heterocycles. The van der Waals surface area contributed by atoms with Crippen molar-refractivity contribution in [2.45, 2.75) is 6.92 Å². The molecule has 0 radical (unpaired) electrons. The summed E-state index contributed by atoms with van der Waals surface area (Å²) in [6.07, 6.45) is 0. The van der Waals surface area contributed by atoms with Gasteiger partial charge in [0.15, 0.2) is 5.78 Å². The van der Waals surface area contributed by atoms with Gasteiger partial charge in [0.1, 0.15) is 0 Å². The maximum atomic E-state index is 12.8. The minimum Gasteiger partial charge on any atom is -0.376 e. The van der Waals surface area contributed by atoms with Crippen LogP contribution < -0.4 is 16.2 Å². The Morgan fingerprint density at radius 1 is 0.929 bits per heavy atom. The number of aryl methyl sites for hydroxylation is 1. The molecule has 3 aromatic carbocycles. The first-order chi connectivity index (χ1) is 13.5. The third kappa shape index (κ3) is 5.20. The second-order valence-electron chi connectivity index (χ2n) is 6.28. The monoisotopic (exact) mass is 437 g/mol. The van der Waals surface area contributed by atoms with Crippen molar-refractivity contribution >= 4 is 39.0 Å². The first kappa shape index (κ1) is 19.6. The van der Waals surface area contributed by atoms with E-state index >= 15 is 0 Å². The number of halogens is 1. The maximum Gasteiger partial charge on any atom is 0.257 e. The van der Waals surface area contributed by atoms with Gasteiger partial charge in [0, 0.05) is 21.3 Å². The summed E-state index contributed by atoms with van der Waals surface area (Å²) in [4.78, 5) is 25.0. The van der Waals surface area contributed by atoms with E-state index in [1.807, 2.05) is 55.5 Å². The number of amides is 1. The SMILES string of the molecule is Cc1ccc(NNC(=O)CNc2ccc(Br)cc2C(=O)c2ccccc2)cc1. The fourth-order valence-corrected chi connectivity index (χ4v) is 2.96. The van der Waals surface area contributed by atoms with E-state index in [1.54, 1.807) is 24.3 Å². The van der Waals surface area contributed by atoms with E-state index in [2.05, 4.69) is 32.1 Å². The molecule has 0 heterocycles. The highest BCUT2D eigenvalue weighted by atomic mass is 79.9. The predicted octanol–water partition coefficient (Wildman–Crippen LogP) is 4.54. The van der Waals surface area contributed by atoms with E-state index in [9.17, 15) is 9.59 Å². The molecule has 0 atom stereocenters. The molecule has 0 unspecified atom stereocenters. The van der Waals surface area contributed by atoms with Crippen molar-refractivity contribution < 1.29 is 9.59 Å². The van der Waals surface area contributed by atoms with Crippen molar-refractivity contribution in [2.75, 3.05) is 17.3 Å². The molecule has 0 saturated carbocycles. The molecular formula is C22H20BrN3O2.